The smallest absolute Gasteiger partial charge is 0.262 e. The number of aromatic hydroxyl groups is 1. The minimum Gasteiger partial charge on any atom is -0.507 e. The maximum absolute atomic E-state index is 10.0. The summed E-state index contributed by atoms with van der Waals surface area (Å²) in [5.41, 5.74) is 1.32. The van der Waals surface area contributed by atoms with E-state index in [-0.39, 0.29) is 5.75 Å². The van der Waals surface area contributed by atoms with E-state index in [0.29, 0.717) is 17.3 Å². The molecule has 1 aromatic carbocycles. The van der Waals surface area contributed by atoms with Gasteiger partial charge < -0.3 is 9.63 Å². The third-order valence-corrected chi connectivity index (χ3v) is 4.37. The molecule has 3 rings (SSSR count). The summed E-state index contributed by atoms with van der Waals surface area (Å²) in [7, 11) is 0. The third-order valence-electron chi connectivity index (χ3n) is 2.68. The fourth-order valence-electron chi connectivity index (χ4n) is 1.69. The molecule has 19 heavy (non-hydrogen) atoms. The molecule has 0 saturated carbocycles. The number of aromatic nitrogens is 2. The molecule has 0 aliphatic heterocycles. The van der Waals surface area contributed by atoms with E-state index in [0.717, 1.165) is 14.9 Å². The molecule has 2 heterocycles. The maximum atomic E-state index is 10.0. The van der Waals surface area contributed by atoms with Crippen LogP contribution in [-0.4, -0.2) is 15.2 Å². The highest BCUT2D eigenvalue weighted by atomic mass is 79.9. The normalized spacial score (nSPS) is 10.8. The van der Waals surface area contributed by atoms with Crippen LogP contribution in [0.5, 0.6) is 5.75 Å². The number of hydrogen-bond acceptors (Lipinski definition) is 5. The van der Waals surface area contributed by atoms with Crippen molar-refractivity contribution in [2.24, 2.45) is 0 Å². The number of rotatable bonds is 2. The Hall–Kier alpha value is -1.66. The predicted molar refractivity (Wildman–Crippen MR) is 77.1 cm³/mol. The molecule has 0 spiro atoms. The van der Waals surface area contributed by atoms with E-state index >= 15 is 0 Å². The Labute approximate surface area is 121 Å². The van der Waals surface area contributed by atoms with Crippen molar-refractivity contribution in [3.8, 4) is 27.9 Å². The van der Waals surface area contributed by atoms with Gasteiger partial charge in [-0.15, -0.1) is 11.3 Å². The fourth-order valence-corrected chi connectivity index (χ4v) is 3.05. The number of halogens is 1. The van der Waals surface area contributed by atoms with Gasteiger partial charge in [-0.2, -0.15) is 4.98 Å². The molecule has 0 saturated heterocycles. The van der Waals surface area contributed by atoms with Crippen molar-refractivity contribution in [2.75, 3.05) is 0 Å². The van der Waals surface area contributed by atoms with Gasteiger partial charge in [-0.3, -0.25) is 0 Å². The van der Waals surface area contributed by atoms with Crippen LogP contribution in [0.25, 0.3) is 22.2 Å². The molecule has 0 fully saturated rings. The topological polar surface area (TPSA) is 59.2 Å². The summed E-state index contributed by atoms with van der Waals surface area (Å²) in [6, 6.07) is 7.35. The molecule has 0 aliphatic rings. The van der Waals surface area contributed by atoms with Gasteiger partial charge in [-0.1, -0.05) is 17.3 Å². The number of phenols is 1. The number of nitrogens with zero attached hydrogens (tertiary/aromatic N) is 2. The van der Waals surface area contributed by atoms with Crippen LogP contribution in [0, 0.1) is 6.92 Å². The molecule has 2 aromatic heterocycles. The summed E-state index contributed by atoms with van der Waals surface area (Å²) in [5, 5.41) is 15.9. The Kier molecular flexibility index (Phi) is 3.12. The summed E-state index contributed by atoms with van der Waals surface area (Å²) in [6.45, 7) is 1.83. The van der Waals surface area contributed by atoms with E-state index in [2.05, 4.69) is 26.1 Å². The fraction of sp³-hybridized carbons (Fsp3) is 0.0769. The molecule has 96 valence electrons. The highest BCUT2D eigenvalue weighted by Crippen LogP contribution is 2.33. The number of phenolic OH excluding ortho intramolecular Hbond substituents is 1. The first kappa shape index (κ1) is 12.4. The first-order valence-electron chi connectivity index (χ1n) is 5.52. The lowest BCUT2D eigenvalue weighted by atomic mass is 10.1. The summed E-state index contributed by atoms with van der Waals surface area (Å²) >= 11 is 4.91. The van der Waals surface area contributed by atoms with E-state index in [9.17, 15) is 5.11 Å². The number of thiophene rings is 1. The SMILES string of the molecule is Cc1cccc(-c2nc(-c3cc(Br)cs3)no2)c1O. The Balaban J connectivity index is 2.04. The number of aryl methyl sites for hydroxylation is 1. The molecule has 0 aliphatic carbocycles. The van der Waals surface area contributed by atoms with Crippen molar-refractivity contribution < 1.29 is 9.63 Å². The van der Waals surface area contributed by atoms with Gasteiger partial charge in [0.05, 0.1) is 10.4 Å². The highest BCUT2D eigenvalue weighted by Gasteiger charge is 2.15. The van der Waals surface area contributed by atoms with E-state index in [1.807, 2.05) is 30.5 Å². The van der Waals surface area contributed by atoms with Crippen molar-refractivity contribution in [1.82, 2.24) is 10.1 Å². The molecule has 6 heteroatoms. The lowest BCUT2D eigenvalue weighted by Gasteiger charge is -2.01. The van der Waals surface area contributed by atoms with E-state index < -0.39 is 0 Å². The Morgan fingerprint density at radius 3 is 2.95 bits per heavy atom. The van der Waals surface area contributed by atoms with Crippen LogP contribution in [0.2, 0.25) is 0 Å². The standard InChI is InChI=1S/C13H9BrN2O2S/c1-7-3-2-4-9(11(7)17)13-15-12(16-18-13)10-5-8(14)6-19-10/h2-6,17H,1H3. The summed E-state index contributed by atoms with van der Waals surface area (Å²) in [5.74, 6) is 1.01. The highest BCUT2D eigenvalue weighted by molar-refractivity contribution is 9.10. The van der Waals surface area contributed by atoms with Crippen molar-refractivity contribution in [3.63, 3.8) is 0 Å². The molecule has 1 N–H and O–H groups in total. The lowest BCUT2D eigenvalue weighted by Crippen LogP contribution is -1.82. The minimum atomic E-state index is 0.171. The first-order valence-corrected chi connectivity index (χ1v) is 7.19. The van der Waals surface area contributed by atoms with Crippen LogP contribution >= 0.6 is 27.3 Å². The maximum Gasteiger partial charge on any atom is 0.262 e. The predicted octanol–water partition coefficient (Wildman–Crippen LogP) is 4.24. The largest absolute Gasteiger partial charge is 0.507 e. The second kappa shape index (κ2) is 4.79. The van der Waals surface area contributed by atoms with Gasteiger partial charge in [0.25, 0.3) is 5.89 Å². The number of hydrogen-bond donors (Lipinski definition) is 1. The van der Waals surface area contributed by atoms with Crippen molar-refractivity contribution in [1.29, 1.82) is 0 Å². The molecular weight excluding hydrogens is 328 g/mol. The molecule has 0 amide bonds. The Bertz CT molecular complexity index is 736. The van der Waals surface area contributed by atoms with Crippen LogP contribution < -0.4 is 0 Å². The molecule has 0 unspecified atom stereocenters. The van der Waals surface area contributed by atoms with Gasteiger partial charge in [0.1, 0.15) is 5.75 Å². The van der Waals surface area contributed by atoms with Gasteiger partial charge >= 0.3 is 0 Å². The number of para-hydroxylation sites is 1. The van der Waals surface area contributed by atoms with Crippen LogP contribution in [0.15, 0.2) is 38.6 Å². The molecule has 4 nitrogen and oxygen atoms in total. The monoisotopic (exact) mass is 336 g/mol. The van der Waals surface area contributed by atoms with E-state index in [4.69, 9.17) is 4.52 Å². The zero-order valence-electron chi connectivity index (χ0n) is 9.92. The Morgan fingerprint density at radius 1 is 1.37 bits per heavy atom. The molecule has 0 atom stereocenters. The third kappa shape index (κ3) is 2.29. The van der Waals surface area contributed by atoms with Crippen molar-refractivity contribution >= 4 is 27.3 Å². The lowest BCUT2D eigenvalue weighted by molar-refractivity contribution is 0.425. The molecule has 0 bridgehead atoms. The average molecular weight is 337 g/mol. The van der Waals surface area contributed by atoms with Gasteiger partial charge in [0.15, 0.2) is 0 Å². The second-order valence-corrected chi connectivity index (χ2v) is 5.85. The van der Waals surface area contributed by atoms with Gasteiger partial charge in [0.2, 0.25) is 5.82 Å². The molecule has 0 radical (unpaired) electrons. The molecular formula is C13H9BrN2O2S. The molecule has 3 aromatic rings. The Morgan fingerprint density at radius 2 is 2.21 bits per heavy atom. The van der Waals surface area contributed by atoms with Gasteiger partial charge in [-0.05, 0) is 40.5 Å². The van der Waals surface area contributed by atoms with Gasteiger partial charge in [0, 0.05) is 9.85 Å². The van der Waals surface area contributed by atoms with Crippen molar-refractivity contribution in [3.05, 3.63) is 39.7 Å². The van der Waals surface area contributed by atoms with E-state index in [1.165, 1.54) is 11.3 Å². The summed E-state index contributed by atoms with van der Waals surface area (Å²) in [4.78, 5) is 5.23. The summed E-state index contributed by atoms with van der Waals surface area (Å²) < 4.78 is 6.20. The van der Waals surface area contributed by atoms with Crippen molar-refractivity contribution in [2.45, 2.75) is 6.92 Å². The van der Waals surface area contributed by atoms with Crippen LogP contribution in [0.1, 0.15) is 5.56 Å². The van der Waals surface area contributed by atoms with Gasteiger partial charge in [-0.25, -0.2) is 0 Å². The van der Waals surface area contributed by atoms with E-state index in [1.54, 1.807) is 6.07 Å². The second-order valence-electron chi connectivity index (χ2n) is 4.02. The van der Waals surface area contributed by atoms with Crippen LogP contribution in [-0.2, 0) is 0 Å². The minimum absolute atomic E-state index is 0.171. The quantitative estimate of drug-likeness (QED) is 0.760. The first-order chi connectivity index (χ1) is 9.15. The zero-order valence-corrected chi connectivity index (χ0v) is 12.3. The zero-order chi connectivity index (χ0) is 13.4. The average Bonchev–Trinajstić information content (AvgIpc) is 3.01. The van der Waals surface area contributed by atoms with Crippen LogP contribution in [0.3, 0.4) is 0 Å². The van der Waals surface area contributed by atoms with Crippen LogP contribution in [0.4, 0.5) is 0 Å². The number of benzene rings is 1. The summed E-state index contributed by atoms with van der Waals surface area (Å²) in [6.07, 6.45) is 0.